The monoisotopic (exact) mass is 408 g/mol. The standard InChI is InChI=1S/C7H10I2N2O2/c1-3-7(4-2)5(12)10(8)6(13)11(7)9/h3-4H2,1-2H3. The Kier molecular flexibility index (Phi) is 3.42. The highest BCUT2D eigenvalue weighted by Gasteiger charge is 2.54. The van der Waals surface area contributed by atoms with Crippen LogP contribution in [0.15, 0.2) is 0 Å². The van der Waals surface area contributed by atoms with Gasteiger partial charge in [-0.25, -0.2) is 7.91 Å². The third-order valence-electron chi connectivity index (χ3n) is 2.46. The van der Waals surface area contributed by atoms with Gasteiger partial charge in [-0.3, -0.25) is 4.79 Å². The molecular weight excluding hydrogens is 398 g/mol. The molecule has 0 aliphatic carbocycles. The van der Waals surface area contributed by atoms with Crippen LogP contribution in [0.3, 0.4) is 0 Å². The molecule has 74 valence electrons. The number of urea groups is 1. The van der Waals surface area contributed by atoms with Gasteiger partial charge in [0.1, 0.15) is 5.54 Å². The molecule has 1 heterocycles. The van der Waals surface area contributed by atoms with E-state index in [9.17, 15) is 9.59 Å². The zero-order valence-electron chi connectivity index (χ0n) is 7.38. The van der Waals surface area contributed by atoms with Crippen molar-refractivity contribution >= 4 is 57.7 Å². The molecule has 0 radical (unpaired) electrons. The van der Waals surface area contributed by atoms with E-state index in [2.05, 4.69) is 0 Å². The van der Waals surface area contributed by atoms with E-state index in [0.29, 0.717) is 12.8 Å². The molecule has 0 aromatic rings. The highest BCUT2D eigenvalue weighted by Crippen LogP contribution is 2.38. The Morgan fingerprint density at radius 2 is 1.69 bits per heavy atom. The first-order valence-electron chi connectivity index (χ1n) is 4.01. The first-order valence-corrected chi connectivity index (χ1v) is 5.94. The predicted molar refractivity (Wildman–Crippen MR) is 65.4 cm³/mol. The number of nitrogens with zero attached hydrogens (tertiary/aromatic N) is 2. The maximum Gasteiger partial charge on any atom is 0.345 e. The summed E-state index contributed by atoms with van der Waals surface area (Å²) in [7, 11) is 0. The minimum Gasteiger partial charge on any atom is -0.271 e. The second kappa shape index (κ2) is 3.87. The molecule has 1 fully saturated rings. The number of carbonyl (C=O) groups excluding carboxylic acids is 2. The molecule has 1 saturated heterocycles. The van der Waals surface area contributed by atoms with Crippen LogP contribution in [-0.2, 0) is 4.79 Å². The van der Waals surface area contributed by atoms with Crippen molar-refractivity contribution in [1.29, 1.82) is 0 Å². The van der Waals surface area contributed by atoms with Gasteiger partial charge in [0.25, 0.3) is 5.91 Å². The van der Waals surface area contributed by atoms with Crippen LogP contribution >= 0.6 is 45.7 Å². The molecule has 0 unspecified atom stereocenters. The molecule has 0 saturated carbocycles. The molecule has 0 N–H and O–H groups in total. The van der Waals surface area contributed by atoms with Gasteiger partial charge in [-0.1, -0.05) is 13.8 Å². The average Bonchev–Trinajstić information content (AvgIpc) is 2.31. The van der Waals surface area contributed by atoms with E-state index in [1.54, 1.807) is 22.9 Å². The number of imide groups is 1. The summed E-state index contributed by atoms with van der Waals surface area (Å²) < 4.78 is 2.68. The second-order valence-electron chi connectivity index (χ2n) is 2.89. The summed E-state index contributed by atoms with van der Waals surface area (Å²) in [5.74, 6) is -0.0995. The first kappa shape index (κ1) is 11.5. The summed E-state index contributed by atoms with van der Waals surface area (Å²) >= 11 is 3.68. The summed E-state index contributed by atoms with van der Waals surface area (Å²) in [6.45, 7) is 3.85. The van der Waals surface area contributed by atoms with Gasteiger partial charge in [0, 0.05) is 0 Å². The van der Waals surface area contributed by atoms with Crippen LogP contribution in [0.1, 0.15) is 26.7 Å². The van der Waals surface area contributed by atoms with Gasteiger partial charge in [-0.05, 0) is 12.8 Å². The number of halogens is 2. The zero-order chi connectivity index (χ0) is 10.2. The lowest BCUT2D eigenvalue weighted by Crippen LogP contribution is -2.43. The van der Waals surface area contributed by atoms with Crippen molar-refractivity contribution in [3.05, 3.63) is 0 Å². The Morgan fingerprint density at radius 1 is 1.23 bits per heavy atom. The fourth-order valence-electron chi connectivity index (χ4n) is 1.44. The maximum atomic E-state index is 11.8. The highest BCUT2D eigenvalue weighted by molar-refractivity contribution is 14.1. The van der Waals surface area contributed by atoms with Gasteiger partial charge in [-0.2, -0.15) is 3.11 Å². The number of hydrogen-bond donors (Lipinski definition) is 0. The van der Waals surface area contributed by atoms with E-state index in [1.807, 2.05) is 36.7 Å². The van der Waals surface area contributed by atoms with Crippen LogP contribution in [0.5, 0.6) is 0 Å². The van der Waals surface area contributed by atoms with Crippen molar-refractivity contribution in [3.63, 3.8) is 0 Å². The van der Waals surface area contributed by atoms with Crippen molar-refractivity contribution in [2.45, 2.75) is 32.2 Å². The summed E-state index contributed by atoms with van der Waals surface area (Å²) in [6, 6.07) is -0.227. The van der Waals surface area contributed by atoms with E-state index >= 15 is 0 Å². The lowest BCUT2D eigenvalue weighted by atomic mass is 9.93. The number of rotatable bonds is 2. The average molecular weight is 408 g/mol. The van der Waals surface area contributed by atoms with Gasteiger partial charge >= 0.3 is 6.03 Å². The number of carbonyl (C=O) groups is 2. The lowest BCUT2D eigenvalue weighted by Gasteiger charge is -2.27. The predicted octanol–water partition coefficient (Wildman–Crippen LogP) is 2.51. The molecule has 1 rings (SSSR count). The van der Waals surface area contributed by atoms with Crippen LogP contribution in [0, 0.1) is 0 Å². The fraction of sp³-hybridized carbons (Fsp3) is 0.714. The van der Waals surface area contributed by atoms with Crippen LogP contribution in [-0.4, -0.2) is 23.7 Å². The van der Waals surface area contributed by atoms with E-state index in [-0.39, 0.29) is 11.9 Å². The van der Waals surface area contributed by atoms with Gasteiger partial charge in [0.2, 0.25) is 0 Å². The van der Waals surface area contributed by atoms with Gasteiger partial charge in [0.05, 0.1) is 45.7 Å². The van der Waals surface area contributed by atoms with E-state index < -0.39 is 5.54 Å². The highest BCUT2D eigenvalue weighted by atomic mass is 127. The quantitative estimate of drug-likeness (QED) is 0.401. The minimum atomic E-state index is -0.612. The third kappa shape index (κ3) is 1.45. The molecule has 3 amide bonds. The molecule has 0 spiro atoms. The topological polar surface area (TPSA) is 40.6 Å². The van der Waals surface area contributed by atoms with E-state index in [4.69, 9.17) is 0 Å². The molecule has 0 atom stereocenters. The second-order valence-corrected chi connectivity index (χ2v) is 4.82. The van der Waals surface area contributed by atoms with Crippen molar-refractivity contribution in [1.82, 2.24) is 6.23 Å². The van der Waals surface area contributed by atoms with E-state index in [0.717, 1.165) is 3.11 Å². The lowest BCUT2D eigenvalue weighted by molar-refractivity contribution is -0.128. The molecule has 13 heavy (non-hydrogen) atoms. The Labute approximate surface area is 105 Å². The van der Waals surface area contributed by atoms with Crippen LogP contribution < -0.4 is 0 Å². The van der Waals surface area contributed by atoms with Crippen LogP contribution in [0.25, 0.3) is 0 Å². The SMILES string of the molecule is CCC1(CC)C(=O)N(I)C(=O)N1I. The van der Waals surface area contributed by atoms with Crippen molar-refractivity contribution < 1.29 is 9.59 Å². The molecule has 1 aliphatic heterocycles. The Morgan fingerprint density at radius 3 is 1.85 bits per heavy atom. The fourth-order valence-corrected chi connectivity index (χ4v) is 3.63. The molecule has 0 aromatic carbocycles. The molecule has 1 aliphatic rings. The minimum absolute atomic E-state index is 0.0995. The molecule has 6 heteroatoms. The largest absolute Gasteiger partial charge is 0.345 e. The summed E-state index contributed by atoms with van der Waals surface area (Å²) in [5, 5.41) is 0. The van der Waals surface area contributed by atoms with Crippen molar-refractivity contribution in [2.24, 2.45) is 0 Å². The summed E-state index contributed by atoms with van der Waals surface area (Å²) in [5.41, 5.74) is -0.612. The Bertz CT molecular complexity index is 253. The van der Waals surface area contributed by atoms with Gasteiger partial charge < -0.3 is 0 Å². The molecular formula is C7H10I2N2O2. The summed E-state index contributed by atoms with van der Waals surface area (Å²) in [4.78, 5) is 23.2. The van der Waals surface area contributed by atoms with E-state index in [1.165, 1.54) is 3.11 Å². The van der Waals surface area contributed by atoms with Gasteiger partial charge in [-0.15, -0.1) is 0 Å². The van der Waals surface area contributed by atoms with Crippen molar-refractivity contribution in [3.8, 4) is 0 Å². The van der Waals surface area contributed by atoms with Gasteiger partial charge in [0.15, 0.2) is 0 Å². The smallest absolute Gasteiger partial charge is 0.271 e. The zero-order valence-corrected chi connectivity index (χ0v) is 11.7. The van der Waals surface area contributed by atoms with Crippen LogP contribution in [0.2, 0.25) is 0 Å². The van der Waals surface area contributed by atoms with Crippen molar-refractivity contribution in [2.75, 3.05) is 0 Å². The Balaban J connectivity index is 3.11. The molecule has 0 bridgehead atoms. The maximum absolute atomic E-state index is 11.8. The number of hydrogen-bond acceptors (Lipinski definition) is 2. The molecule has 0 aromatic heterocycles. The normalized spacial score (nSPS) is 21.5. The Hall–Kier alpha value is 0.400. The molecule has 4 nitrogen and oxygen atoms in total. The first-order chi connectivity index (χ1) is 6.01. The third-order valence-corrected chi connectivity index (χ3v) is 4.64. The van der Waals surface area contributed by atoms with Crippen LogP contribution in [0.4, 0.5) is 4.79 Å². The summed E-state index contributed by atoms with van der Waals surface area (Å²) in [6.07, 6.45) is 1.33. The number of amides is 3.